The Labute approximate surface area is 129 Å². The van der Waals surface area contributed by atoms with Gasteiger partial charge in [-0.15, -0.1) is 0 Å². The van der Waals surface area contributed by atoms with E-state index in [-0.39, 0.29) is 24.5 Å². The van der Waals surface area contributed by atoms with Gasteiger partial charge in [0.1, 0.15) is 6.61 Å². The van der Waals surface area contributed by atoms with Gasteiger partial charge < -0.3 is 24.3 Å². The number of methoxy groups -OCH3 is 1. The Hall–Kier alpha value is -1.93. The van der Waals surface area contributed by atoms with Crippen LogP contribution in [0, 0.1) is 0 Å². The number of nitrogens with one attached hydrogen (secondary N) is 1. The second-order valence-corrected chi connectivity index (χ2v) is 5.12. The van der Waals surface area contributed by atoms with Crippen LogP contribution in [0.2, 0.25) is 0 Å². The number of aromatic nitrogens is 2. The number of morpholine rings is 1. The van der Waals surface area contributed by atoms with E-state index >= 15 is 0 Å². The van der Waals surface area contributed by atoms with E-state index in [4.69, 9.17) is 9.47 Å². The van der Waals surface area contributed by atoms with Crippen molar-refractivity contribution >= 4 is 11.8 Å². The predicted molar refractivity (Wildman–Crippen MR) is 78.0 cm³/mol. The van der Waals surface area contributed by atoms with Crippen LogP contribution in [0.15, 0.2) is 18.7 Å². The highest BCUT2D eigenvalue weighted by Crippen LogP contribution is 2.05. The first-order chi connectivity index (χ1) is 10.7. The van der Waals surface area contributed by atoms with E-state index in [0.29, 0.717) is 39.2 Å². The average molecular weight is 310 g/mol. The summed E-state index contributed by atoms with van der Waals surface area (Å²) >= 11 is 0. The number of hydrogen-bond acceptors (Lipinski definition) is 5. The molecule has 0 saturated carbocycles. The number of rotatable bonds is 8. The Morgan fingerprint density at radius 2 is 2.41 bits per heavy atom. The summed E-state index contributed by atoms with van der Waals surface area (Å²) in [6, 6.07) is 0. The molecule has 122 valence electrons. The van der Waals surface area contributed by atoms with E-state index in [0.717, 1.165) is 0 Å². The van der Waals surface area contributed by atoms with Crippen molar-refractivity contribution < 1.29 is 19.1 Å². The first-order valence-electron chi connectivity index (χ1n) is 7.30. The highest BCUT2D eigenvalue weighted by Gasteiger charge is 2.26. The van der Waals surface area contributed by atoms with Gasteiger partial charge in [0.05, 0.1) is 19.0 Å². The van der Waals surface area contributed by atoms with E-state index in [2.05, 4.69) is 10.3 Å². The van der Waals surface area contributed by atoms with Crippen molar-refractivity contribution in [2.75, 3.05) is 40.0 Å². The second kappa shape index (κ2) is 8.50. The van der Waals surface area contributed by atoms with Crippen LogP contribution in [0.5, 0.6) is 0 Å². The minimum Gasteiger partial charge on any atom is -0.383 e. The predicted octanol–water partition coefficient (Wildman–Crippen LogP) is -0.737. The molecule has 1 saturated heterocycles. The van der Waals surface area contributed by atoms with Crippen molar-refractivity contribution in [1.82, 2.24) is 19.8 Å². The van der Waals surface area contributed by atoms with Gasteiger partial charge in [-0.2, -0.15) is 0 Å². The molecule has 1 unspecified atom stereocenters. The lowest BCUT2D eigenvalue weighted by Gasteiger charge is -2.32. The fourth-order valence-corrected chi connectivity index (χ4v) is 2.19. The molecule has 1 atom stereocenters. The summed E-state index contributed by atoms with van der Waals surface area (Å²) in [7, 11) is 1.60. The van der Waals surface area contributed by atoms with E-state index in [1.807, 2.05) is 10.8 Å². The quantitative estimate of drug-likeness (QED) is 0.684. The molecule has 0 aromatic carbocycles. The third kappa shape index (κ3) is 5.12. The Morgan fingerprint density at radius 1 is 1.55 bits per heavy atom. The van der Waals surface area contributed by atoms with E-state index in [1.165, 1.54) is 0 Å². The summed E-state index contributed by atoms with van der Waals surface area (Å²) < 4.78 is 12.3. The summed E-state index contributed by atoms with van der Waals surface area (Å²) in [6.07, 6.45) is 5.38. The van der Waals surface area contributed by atoms with Crippen molar-refractivity contribution in [3.05, 3.63) is 18.7 Å². The molecule has 0 radical (unpaired) electrons. The van der Waals surface area contributed by atoms with Gasteiger partial charge in [0.15, 0.2) is 0 Å². The molecular weight excluding hydrogens is 288 g/mol. The fraction of sp³-hybridized carbons (Fsp3) is 0.643. The third-order valence-electron chi connectivity index (χ3n) is 3.47. The van der Waals surface area contributed by atoms with Gasteiger partial charge in [-0.1, -0.05) is 0 Å². The molecule has 8 nitrogen and oxygen atoms in total. The number of aryl methyl sites for hydroxylation is 1. The summed E-state index contributed by atoms with van der Waals surface area (Å²) in [4.78, 5) is 29.1. The van der Waals surface area contributed by atoms with Gasteiger partial charge in [-0.25, -0.2) is 4.98 Å². The summed E-state index contributed by atoms with van der Waals surface area (Å²) in [6.45, 7) is 2.57. The molecule has 8 heteroatoms. The van der Waals surface area contributed by atoms with Gasteiger partial charge in [0.2, 0.25) is 11.8 Å². The second-order valence-electron chi connectivity index (χ2n) is 5.12. The first-order valence-corrected chi connectivity index (χ1v) is 7.30. The van der Waals surface area contributed by atoms with Crippen LogP contribution in [0.1, 0.15) is 6.42 Å². The Morgan fingerprint density at radius 3 is 3.14 bits per heavy atom. The first kappa shape index (κ1) is 16.4. The maximum absolute atomic E-state index is 11.8. The Balaban J connectivity index is 1.67. The molecule has 2 rings (SSSR count). The SMILES string of the molecule is COCCN1CC(CNC(=O)CCn2ccnc2)OCC1=O. The van der Waals surface area contributed by atoms with E-state index in [9.17, 15) is 9.59 Å². The minimum atomic E-state index is -0.174. The highest BCUT2D eigenvalue weighted by atomic mass is 16.5. The molecule has 1 aliphatic rings. The van der Waals surface area contributed by atoms with Gasteiger partial charge in [-0.3, -0.25) is 9.59 Å². The maximum atomic E-state index is 11.8. The van der Waals surface area contributed by atoms with E-state index in [1.54, 1.807) is 24.5 Å². The smallest absolute Gasteiger partial charge is 0.248 e. The van der Waals surface area contributed by atoms with Crippen molar-refractivity contribution in [3.63, 3.8) is 0 Å². The van der Waals surface area contributed by atoms with Crippen LogP contribution in [-0.4, -0.2) is 72.3 Å². The molecule has 1 N–H and O–H groups in total. The molecule has 1 aromatic rings. The van der Waals surface area contributed by atoms with Crippen LogP contribution >= 0.6 is 0 Å². The zero-order valence-corrected chi connectivity index (χ0v) is 12.7. The Bertz CT molecular complexity index is 477. The normalized spacial score (nSPS) is 18.5. The average Bonchev–Trinajstić information content (AvgIpc) is 3.04. The van der Waals surface area contributed by atoms with Crippen molar-refractivity contribution in [2.24, 2.45) is 0 Å². The molecule has 0 bridgehead atoms. The summed E-state index contributed by atoms with van der Waals surface area (Å²) in [5.74, 6) is -0.0858. The van der Waals surface area contributed by atoms with Gasteiger partial charge in [0, 0.05) is 52.1 Å². The molecule has 1 aliphatic heterocycles. The monoisotopic (exact) mass is 310 g/mol. The van der Waals surface area contributed by atoms with Crippen molar-refractivity contribution in [2.45, 2.75) is 19.1 Å². The lowest BCUT2D eigenvalue weighted by atomic mass is 10.2. The fourth-order valence-electron chi connectivity index (χ4n) is 2.19. The maximum Gasteiger partial charge on any atom is 0.248 e. The number of carbonyl (C=O) groups is 2. The highest BCUT2D eigenvalue weighted by molar-refractivity contribution is 5.78. The van der Waals surface area contributed by atoms with E-state index < -0.39 is 0 Å². The van der Waals surface area contributed by atoms with Crippen LogP contribution in [0.4, 0.5) is 0 Å². The number of imidazole rings is 1. The topological polar surface area (TPSA) is 85.7 Å². The molecule has 2 amide bonds. The molecule has 0 aliphatic carbocycles. The number of hydrogen-bond donors (Lipinski definition) is 1. The standard InChI is InChI=1S/C14H22N4O4/c1-21-7-6-18-9-12(22-10-14(18)20)8-16-13(19)2-4-17-5-3-15-11-17/h3,5,11-12H,2,4,6-10H2,1H3,(H,16,19). The number of nitrogens with zero attached hydrogens (tertiary/aromatic N) is 3. The third-order valence-corrected chi connectivity index (χ3v) is 3.47. The number of amides is 2. The lowest BCUT2D eigenvalue weighted by Crippen LogP contribution is -2.51. The van der Waals surface area contributed by atoms with Crippen LogP contribution in [-0.2, 0) is 25.6 Å². The molecule has 1 fully saturated rings. The summed E-state index contributed by atoms with van der Waals surface area (Å²) in [5.41, 5.74) is 0. The van der Waals surface area contributed by atoms with Crippen molar-refractivity contribution in [3.8, 4) is 0 Å². The Kier molecular flexibility index (Phi) is 6.35. The van der Waals surface area contributed by atoms with Crippen LogP contribution in [0.3, 0.4) is 0 Å². The lowest BCUT2D eigenvalue weighted by molar-refractivity contribution is -0.149. The van der Waals surface area contributed by atoms with Gasteiger partial charge in [0.25, 0.3) is 0 Å². The molecule has 22 heavy (non-hydrogen) atoms. The minimum absolute atomic E-state index is 0.0419. The largest absolute Gasteiger partial charge is 0.383 e. The van der Waals surface area contributed by atoms with Crippen molar-refractivity contribution in [1.29, 1.82) is 0 Å². The molecular formula is C14H22N4O4. The number of carbonyl (C=O) groups excluding carboxylic acids is 2. The zero-order valence-electron chi connectivity index (χ0n) is 12.7. The molecule has 2 heterocycles. The van der Waals surface area contributed by atoms with Crippen LogP contribution < -0.4 is 5.32 Å². The summed E-state index contributed by atoms with van der Waals surface area (Å²) in [5, 5.41) is 2.84. The van der Waals surface area contributed by atoms with Gasteiger partial charge in [-0.05, 0) is 0 Å². The van der Waals surface area contributed by atoms with Crippen LogP contribution in [0.25, 0.3) is 0 Å². The molecule has 0 spiro atoms. The zero-order chi connectivity index (χ0) is 15.8. The molecule has 1 aromatic heterocycles. The number of ether oxygens (including phenoxy) is 2. The van der Waals surface area contributed by atoms with Gasteiger partial charge >= 0.3 is 0 Å².